The van der Waals surface area contributed by atoms with Gasteiger partial charge in [-0.15, -0.1) is 0 Å². The predicted molar refractivity (Wildman–Crippen MR) is 103 cm³/mol. The molecule has 0 saturated heterocycles. The van der Waals surface area contributed by atoms with E-state index < -0.39 is 0 Å². The molecule has 1 aliphatic carbocycles. The number of nitrogens with zero attached hydrogens (tertiary/aromatic N) is 1. The lowest BCUT2D eigenvalue weighted by atomic mass is 9.95. The number of benzene rings is 1. The average Bonchev–Trinajstić information content (AvgIpc) is 2.67. The first-order valence-electron chi connectivity index (χ1n) is 9.51. The van der Waals surface area contributed by atoms with Crippen LogP contribution in [0.25, 0.3) is 0 Å². The minimum atomic E-state index is -0.330. The van der Waals surface area contributed by atoms with E-state index in [1.807, 2.05) is 18.7 Å². The number of rotatable bonds is 8. The first kappa shape index (κ1) is 20.2. The molecule has 1 aromatic carbocycles. The summed E-state index contributed by atoms with van der Waals surface area (Å²) in [5.41, 5.74) is 0.714. The SMILES string of the molecule is CCN(CC(=O)Nc1ccc(OC)cc1)[C@H](C)C(=O)NC1CCCCC1. The summed E-state index contributed by atoms with van der Waals surface area (Å²) in [4.78, 5) is 26.7. The molecule has 1 atom stereocenters. The second kappa shape index (κ2) is 10.2. The van der Waals surface area contributed by atoms with Crippen molar-refractivity contribution >= 4 is 17.5 Å². The zero-order valence-electron chi connectivity index (χ0n) is 16.1. The highest BCUT2D eigenvalue weighted by molar-refractivity contribution is 5.93. The average molecular weight is 361 g/mol. The molecule has 0 aromatic heterocycles. The number of ether oxygens (including phenoxy) is 1. The molecule has 0 radical (unpaired) electrons. The van der Waals surface area contributed by atoms with Gasteiger partial charge in [-0.2, -0.15) is 0 Å². The zero-order valence-corrected chi connectivity index (χ0v) is 16.1. The number of nitrogens with one attached hydrogen (secondary N) is 2. The van der Waals surface area contributed by atoms with Gasteiger partial charge in [-0.1, -0.05) is 26.2 Å². The lowest BCUT2D eigenvalue weighted by molar-refractivity contribution is -0.128. The Morgan fingerprint density at radius 2 is 1.85 bits per heavy atom. The monoisotopic (exact) mass is 361 g/mol. The van der Waals surface area contributed by atoms with Gasteiger partial charge in [-0.3, -0.25) is 14.5 Å². The maximum atomic E-state index is 12.5. The van der Waals surface area contributed by atoms with Crippen molar-refractivity contribution in [3.05, 3.63) is 24.3 Å². The van der Waals surface area contributed by atoms with Crippen LogP contribution in [0.1, 0.15) is 46.0 Å². The number of amides is 2. The topological polar surface area (TPSA) is 70.7 Å². The van der Waals surface area contributed by atoms with Crippen molar-refractivity contribution in [1.29, 1.82) is 0 Å². The number of methoxy groups -OCH3 is 1. The van der Waals surface area contributed by atoms with Crippen molar-refractivity contribution in [2.75, 3.05) is 25.5 Å². The molecule has 0 aliphatic heterocycles. The molecule has 1 saturated carbocycles. The highest BCUT2D eigenvalue weighted by Gasteiger charge is 2.24. The Kier molecular flexibility index (Phi) is 7.91. The molecule has 1 fully saturated rings. The summed E-state index contributed by atoms with van der Waals surface area (Å²) in [5.74, 6) is 0.622. The Hall–Kier alpha value is -2.08. The van der Waals surface area contributed by atoms with Crippen LogP contribution in [0, 0.1) is 0 Å². The van der Waals surface area contributed by atoms with E-state index in [2.05, 4.69) is 10.6 Å². The molecule has 1 aliphatic rings. The maximum absolute atomic E-state index is 12.5. The smallest absolute Gasteiger partial charge is 0.238 e. The minimum Gasteiger partial charge on any atom is -0.497 e. The van der Waals surface area contributed by atoms with Gasteiger partial charge in [0, 0.05) is 11.7 Å². The zero-order chi connectivity index (χ0) is 18.9. The van der Waals surface area contributed by atoms with Gasteiger partial charge in [-0.25, -0.2) is 0 Å². The second-order valence-corrected chi connectivity index (χ2v) is 6.86. The molecule has 2 N–H and O–H groups in total. The Balaban J connectivity index is 1.85. The number of carbonyl (C=O) groups is 2. The van der Waals surface area contributed by atoms with Gasteiger partial charge >= 0.3 is 0 Å². The van der Waals surface area contributed by atoms with Crippen LogP contribution in [0.5, 0.6) is 5.75 Å². The lowest BCUT2D eigenvalue weighted by Crippen LogP contribution is -2.50. The van der Waals surface area contributed by atoms with Crippen molar-refractivity contribution in [1.82, 2.24) is 10.2 Å². The molecule has 0 heterocycles. The molecule has 2 amide bonds. The Morgan fingerprint density at radius 3 is 2.42 bits per heavy atom. The summed E-state index contributed by atoms with van der Waals surface area (Å²) in [6.07, 6.45) is 5.74. The second-order valence-electron chi connectivity index (χ2n) is 6.86. The Morgan fingerprint density at radius 1 is 1.19 bits per heavy atom. The van der Waals surface area contributed by atoms with E-state index in [1.165, 1.54) is 19.3 Å². The molecule has 6 nitrogen and oxygen atoms in total. The van der Waals surface area contributed by atoms with E-state index in [4.69, 9.17) is 4.74 Å². The van der Waals surface area contributed by atoms with Crippen molar-refractivity contribution in [3.63, 3.8) is 0 Å². The molecule has 144 valence electrons. The first-order chi connectivity index (χ1) is 12.5. The van der Waals surface area contributed by atoms with E-state index in [0.29, 0.717) is 12.2 Å². The van der Waals surface area contributed by atoms with E-state index in [9.17, 15) is 9.59 Å². The number of hydrogen-bond donors (Lipinski definition) is 2. The third kappa shape index (κ3) is 6.02. The van der Waals surface area contributed by atoms with E-state index >= 15 is 0 Å². The highest BCUT2D eigenvalue weighted by atomic mass is 16.5. The van der Waals surface area contributed by atoms with Crippen molar-refractivity contribution < 1.29 is 14.3 Å². The fraction of sp³-hybridized carbons (Fsp3) is 0.600. The van der Waals surface area contributed by atoms with E-state index in [-0.39, 0.29) is 30.4 Å². The molecule has 0 bridgehead atoms. The van der Waals surface area contributed by atoms with E-state index in [0.717, 1.165) is 18.6 Å². The largest absolute Gasteiger partial charge is 0.497 e. The standard InChI is InChI=1S/C20H31N3O3/c1-4-23(15(2)20(25)22-16-8-6-5-7-9-16)14-19(24)21-17-10-12-18(26-3)13-11-17/h10-13,15-16H,4-9,14H2,1-3H3,(H,21,24)(H,22,25)/t15-/m1/s1. The molecule has 1 aromatic rings. The highest BCUT2D eigenvalue weighted by Crippen LogP contribution is 2.18. The maximum Gasteiger partial charge on any atom is 0.238 e. The van der Waals surface area contributed by atoms with Gasteiger partial charge in [0.05, 0.1) is 19.7 Å². The molecule has 0 unspecified atom stereocenters. The number of carbonyl (C=O) groups excluding carboxylic acids is 2. The van der Waals surface area contributed by atoms with Crippen LogP contribution >= 0.6 is 0 Å². The van der Waals surface area contributed by atoms with Crippen molar-refractivity contribution in [3.8, 4) is 5.75 Å². The van der Waals surface area contributed by atoms with Crippen LogP contribution in [0.15, 0.2) is 24.3 Å². The summed E-state index contributed by atoms with van der Waals surface area (Å²) >= 11 is 0. The van der Waals surface area contributed by atoms with Crippen molar-refractivity contribution in [2.45, 2.75) is 58.0 Å². The molecule has 6 heteroatoms. The van der Waals surface area contributed by atoms with Crippen LogP contribution in [-0.2, 0) is 9.59 Å². The molecular formula is C20H31N3O3. The molecule has 2 rings (SSSR count). The van der Waals surface area contributed by atoms with Crippen LogP contribution in [0.3, 0.4) is 0 Å². The van der Waals surface area contributed by atoms with Gasteiger partial charge in [0.15, 0.2) is 0 Å². The fourth-order valence-corrected chi connectivity index (χ4v) is 3.32. The summed E-state index contributed by atoms with van der Waals surface area (Å²) in [6, 6.07) is 7.15. The van der Waals surface area contributed by atoms with Gasteiger partial charge in [-0.05, 0) is 50.6 Å². The van der Waals surface area contributed by atoms with Crippen molar-refractivity contribution in [2.24, 2.45) is 0 Å². The molecule has 0 spiro atoms. The molecule has 26 heavy (non-hydrogen) atoms. The predicted octanol–water partition coefficient (Wildman–Crippen LogP) is 2.79. The van der Waals surface area contributed by atoms with Crippen LogP contribution in [0.4, 0.5) is 5.69 Å². The normalized spacial score (nSPS) is 16.2. The van der Waals surface area contributed by atoms with Gasteiger partial charge in [0.25, 0.3) is 0 Å². The fourth-order valence-electron chi connectivity index (χ4n) is 3.32. The first-order valence-corrected chi connectivity index (χ1v) is 9.51. The Bertz CT molecular complexity index is 582. The quantitative estimate of drug-likeness (QED) is 0.747. The van der Waals surface area contributed by atoms with Gasteiger partial charge < -0.3 is 15.4 Å². The Labute approximate surface area is 156 Å². The summed E-state index contributed by atoms with van der Waals surface area (Å²) < 4.78 is 5.11. The third-order valence-corrected chi connectivity index (χ3v) is 5.01. The van der Waals surface area contributed by atoms with Crippen LogP contribution < -0.4 is 15.4 Å². The number of anilines is 1. The van der Waals surface area contributed by atoms with Crippen LogP contribution in [-0.4, -0.2) is 49.0 Å². The van der Waals surface area contributed by atoms with Gasteiger partial charge in [0.2, 0.25) is 11.8 Å². The molecular weight excluding hydrogens is 330 g/mol. The summed E-state index contributed by atoms with van der Waals surface area (Å²) in [7, 11) is 1.60. The van der Waals surface area contributed by atoms with E-state index in [1.54, 1.807) is 31.4 Å². The number of hydrogen-bond acceptors (Lipinski definition) is 4. The minimum absolute atomic E-state index is 0.0102. The third-order valence-electron chi connectivity index (χ3n) is 5.01. The summed E-state index contributed by atoms with van der Waals surface area (Å²) in [6.45, 7) is 4.64. The summed E-state index contributed by atoms with van der Waals surface area (Å²) in [5, 5.41) is 6.01. The van der Waals surface area contributed by atoms with Crippen LogP contribution in [0.2, 0.25) is 0 Å². The number of likely N-dealkylation sites (N-methyl/N-ethyl adjacent to an activating group) is 1. The lowest BCUT2D eigenvalue weighted by Gasteiger charge is -2.29. The van der Waals surface area contributed by atoms with Gasteiger partial charge in [0.1, 0.15) is 5.75 Å².